The van der Waals surface area contributed by atoms with E-state index in [1.165, 1.54) is 0 Å². The summed E-state index contributed by atoms with van der Waals surface area (Å²) >= 11 is 0. The molecular weight excluding hydrogens is 271 g/mol. The van der Waals surface area contributed by atoms with Crippen LogP contribution in [0.5, 0.6) is 0 Å². The molecule has 8 heteroatoms. The van der Waals surface area contributed by atoms with Gasteiger partial charge in [0.15, 0.2) is 23.3 Å². The molecule has 0 aromatic heterocycles. The van der Waals surface area contributed by atoms with Crippen LogP contribution in [0.3, 0.4) is 0 Å². The van der Waals surface area contributed by atoms with Crippen molar-refractivity contribution in [2.45, 2.75) is 19.9 Å². The topological polar surface area (TPSA) is 55.1 Å². The van der Waals surface area contributed by atoms with Crippen LogP contribution in [0.2, 0.25) is 0 Å². The highest BCUT2D eigenvalue weighted by molar-refractivity contribution is 5.95. The first-order valence-corrected chi connectivity index (χ1v) is 5.26. The van der Waals surface area contributed by atoms with E-state index in [0.29, 0.717) is 0 Å². The van der Waals surface area contributed by atoms with Gasteiger partial charge >= 0.3 is 0 Å². The van der Waals surface area contributed by atoms with Gasteiger partial charge in [-0.2, -0.15) is 0 Å². The Morgan fingerprint density at radius 2 is 1.32 bits per heavy atom. The first-order valence-electron chi connectivity index (χ1n) is 5.26. The summed E-state index contributed by atoms with van der Waals surface area (Å²) in [6.07, 6.45) is 0. The second kappa shape index (κ2) is 5.52. The highest BCUT2D eigenvalue weighted by Gasteiger charge is 2.28. The Kier molecular flexibility index (Phi) is 4.46. The highest BCUT2D eigenvalue weighted by atomic mass is 19.2. The Bertz CT molecular complexity index is 489. The maximum Gasteiger partial charge on any atom is 0.241 e. The van der Waals surface area contributed by atoms with Crippen molar-refractivity contribution in [3.05, 3.63) is 29.1 Å². The van der Waals surface area contributed by atoms with Crippen molar-refractivity contribution in [2.75, 3.05) is 5.32 Å². The summed E-state index contributed by atoms with van der Waals surface area (Å²) in [7, 11) is 0. The molecule has 1 aromatic carbocycles. The molecule has 1 amide bonds. The van der Waals surface area contributed by atoms with Crippen molar-refractivity contribution in [2.24, 2.45) is 11.7 Å². The van der Waals surface area contributed by atoms with Gasteiger partial charge in [-0.15, -0.1) is 0 Å². The number of benzene rings is 1. The molecule has 0 radical (unpaired) electrons. The van der Waals surface area contributed by atoms with Crippen molar-refractivity contribution in [3.8, 4) is 0 Å². The Morgan fingerprint density at radius 3 is 1.68 bits per heavy atom. The van der Waals surface area contributed by atoms with Crippen LogP contribution in [0.15, 0.2) is 0 Å². The largest absolute Gasteiger partial charge is 0.320 e. The zero-order chi connectivity index (χ0) is 14.9. The molecular formula is C11H11F5N2O. The summed E-state index contributed by atoms with van der Waals surface area (Å²) in [5.74, 6) is -12.2. The number of anilines is 1. The van der Waals surface area contributed by atoms with Gasteiger partial charge in [-0.25, -0.2) is 22.0 Å². The summed E-state index contributed by atoms with van der Waals surface area (Å²) in [6.45, 7) is 3.12. The summed E-state index contributed by atoms with van der Waals surface area (Å²) in [6, 6.07) is -1.14. The zero-order valence-electron chi connectivity index (χ0n) is 10.0. The maximum atomic E-state index is 13.3. The minimum atomic E-state index is -2.29. The number of nitrogens with one attached hydrogen (secondary N) is 1. The Hall–Kier alpha value is -1.70. The average Bonchev–Trinajstić information content (AvgIpc) is 2.37. The van der Waals surface area contributed by atoms with E-state index in [1.54, 1.807) is 19.2 Å². The first kappa shape index (κ1) is 15.4. The van der Waals surface area contributed by atoms with Crippen LogP contribution >= 0.6 is 0 Å². The van der Waals surface area contributed by atoms with Gasteiger partial charge in [-0.3, -0.25) is 4.79 Å². The van der Waals surface area contributed by atoms with Crippen LogP contribution in [-0.4, -0.2) is 11.9 Å². The van der Waals surface area contributed by atoms with Crippen molar-refractivity contribution in [1.82, 2.24) is 0 Å². The van der Waals surface area contributed by atoms with Crippen LogP contribution in [0.25, 0.3) is 0 Å². The standard InChI is InChI=1S/C11H11F5N2O/c1-3(2)9(17)11(19)18-10-7(15)5(13)4(12)6(14)8(10)16/h3,9H,17H2,1-2H3,(H,18,19). The predicted molar refractivity (Wildman–Crippen MR) is 57.7 cm³/mol. The van der Waals surface area contributed by atoms with Crippen molar-refractivity contribution < 1.29 is 26.7 Å². The van der Waals surface area contributed by atoms with Gasteiger partial charge in [0, 0.05) is 0 Å². The third-order valence-corrected chi connectivity index (χ3v) is 2.48. The second-order valence-electron chi connectivity index (χ2n) is 4.20. The van der Waals surface area contributed by atoms with Gasteiger partial charge in [-0.05, 0) is 5.92 Å². The number of hydrogen-bond donors (Lipinski definition) is 2. The Balaban J connectivity index is 3.19. The third kappa shape index (κ3) is 2.83. The fraction of sp³-hybridized carbons (Fsp3) is 0.364. The molecule has 1 atom stereocenters. The summed E-state index contributed by atoms with van der Waals surface area (Å²) in [4.78, 5) is 11.5. The van der Waals surface area contributed by atoms with E-state index < -0.39 is 46.7 Å². The van der Waals surface area contributed by atoms with Crippen molar-refractivity contribution in [3.63, 3.8) is 0 Å². The average molecular weight is 282 g/mol. The van der Waals surface area contributed by atoms with Crippen molar-refractivity contribution in [1.29, 1.82) is 0 Å². The van der Waals surface area contributed by atoms with Crippen LogP contribution in [-0.2, 0) is 4.79 Å². The molecule has 3 N–H and O–H groups in total. The highest BCUT2D eigenvalue weighted by Crippen LogP contribution is 2.27. The monoisotopic (exact) mass is 282 g/mol. The van der Waals surface area contributed by atoms with E-state index in [0.717, 1.165) is 0 Å². The minimum absolute atomic E-state index is 0.374. The van der Waals surface area contributed by atoms with E-state index in [1.807, 2.05) is 0 Å². The molecule has 0 fully saturated rings. The zero-order valence-corrected chi connectivity index (χ0v) is 10.0. The number of nitrogens with two attached hydrogens (primary N) is 1. The Labute approximate surface area is 105 Å². The molecule has 0 aliphatic heterocycles. The summed E-state index contributed by atoms with van der Waals surface area (Å²) in [5.41, 5.74) is 3.99. The van der Waals surface area contributed by atoms with Gasteiger partial charge in [0.1, 0.15) is 5.69 Å². The molecule has 106 valence electrons. The van der Waals surface area contributed by atoms with E-state index >= 15 is 0 Å². The van der Waals surface area contributed by atoms with Crippen LogP contribution < -0.4 is 11.1 Å². The Morgan fingerprint density at radius 1 is 0.947 bits per heavy atom. The molecule has 0 bridgehead atoms. The van der Waals surface area contributed by atoms with E-state index in [4.69, 9.17) is 5.73 Å². The van der Waals surface area contributed by atoms with Gasteiger partial charge in [0.05, 0.1) is 6.04 Å². The predicted octanol–water partition coefficient (Wildman–Crippen LogP) is 2.30. The fourth-order valence-corrected chi connectivity index (χ4v) is 1.22. The smallest absolute Gasteiger partial charge is 0.241 e. The van der Waals surface area contributed by atoms with Crippen LogP contribution in [0, 0.1) is 35.0 Å². The number of carbonyl (C=O) groups excluding carboxylic acids is 1. The van der Waals surface area contributed by atoms with Crippen molar-refractivity contribution >= 4 is 11.6 Å². The normalized spacial score (nSPS) is 12.7. The molecule has 0 heterocycles. The minimum Gasteiger partial charge on any atom is -0.320 e. The molecule has 0 aliphatic carbocycles. The van der Waals surface area contributed by atoms with Gasteiger partial charge < -0.3 is 11.1 Å². The van der Waals surface area contributed by atoms with Crippen LogP contribution in [0.4, 0.5) is 27.6 Å². The first-order chi connectivity index (χ1) is 8.68. The van der Waals surface area contributed by atoms with E-state index in [2.05, 4.69) is 0 Å². The van der Waals surface area contributed by atoms with Gasteiger partial charge in [0.25, 0.3) is 0 Å². The molecule has 0 saturated carbocycles. The molecule has 1 rings (SSSR count). The van der Waals surface area contributed by atoms with E-state index in [9.17, 15) is 26.7 Å². The van der Waals surface area contributed by atoms with Crippen LogP contribution in [0.1, 0.15) is 13.8 Å². The quantitative estimate of drug-likeness (QED) is 0.508. The molecule has 1 unspecified atom stereocenters. The second-order valence-corrected chi connectivity index (χ2v) is 4.20. The van der Waals surface area contributed by atoms with Gasteiger partial charge in [0.2, 0.25) is 11.7 Å². The number of hydrogen-bond acceptors (Lipinski definition) is 2. The lowest BCUT2D eigenvalue weighted by molar-refractivity contribution is -0.118. The SMILES string of the molecule is CC(C)C(N)C(=O)Nc1c(F)c(F)c(F)c(F)c1F. The fourth-order valence-electron chi connectivity index (χ4n) is 1.22. The summed E-state index contributed by atoms with van der Waals surface area (Å²) in [5, 5.41) is 1.61. The number of amides is 1. The van der Waals surface area contributed by atoms with E-state index in [-0.39, 0.29) is 5.92 Å². The summed E-state index contributed by atoms with van der Waals surface area (Å²) < 4.78 is 65.0. The molecule has 0 saturated heterocycles. The van der Waals surface area contributed by atoms with Gasteiger partial charge in [-0.1, -0.05) is 13.8 Å². The lowest BCUT2D eigenvalue weighted by Gasteiger charge is -2.16. The third-order valence-electron chi connectivity index (χ3n) is 2.48. The molecule has 1 aromatic rings. The number of rotatable bonds is 3. The lowest BCUT2D eigenvalue weighted by atomic mass is 10.0. The molecule has 3 nitrogen and oxygen atoms in total. The molecule has 0 aliphatic rings. The maximum absolute atomic E-state index is 13.3. The number of carbonyl (C=O) groups is 1. The molecule has 0 spiro atoms. The number of halogens is 5. The lowest BCUT2D eigenvalue weighted by Crippen LogP contribution is -2.40. The molecule has 19 heavy (non-hydrogen) atoms.